The predicted molar refractivity (Wildman–Crippen MR) is 64.4 cm³/mol. The minimum atomic E-state index is -0.125. The first-order valence-electron chi connectivity index (χ1n) is 4.97. The van der Waals surface area contributed by atoms with Gasteiger partial charge in [0, 0.05) is 5.41 Å². The average Bonchev–Trinajstić information content (AvgIpc) is 1.82. The van der Waals surface area contributed by atoms with Gasteiger partial charge < -0.3 is 0 Å². The van der Waals surface area contributed by atoms with Crippen molar-refractivity contribution in [3.05, 3.63) is 0 Å². The zero-order valence-corrected chi connectivity index (χ0v) is 11.0. The smallest absolute Gasteiger partial charge is 0.0233 e. The highest BCUT2D eigenvalue weighted by Crippen LogP contribution is 2.47. The van der Waals surface area contributed by atoms with Crippen LogP contribution in [-0.2, 0) is 0 Å². The van der Waals surface area contributed by atoms with E-state index in [1.807, 2.05) is 0 Å². The van der Waals surface area contributed by atoms with Gasteiger partial charge in [-0.05, 0) is 40.0 Å². The Balaban J connectivity index is 4.53. The van der Waals surface area contributed by atoms with E-state index < -0.39 is 0 Å². The van der Waals surface area contributed by atoms with Gasteiger partial charge in [-0.25, -0.2) is 0 Å². The maximum atomic E-state index is 3.46. The standard InChI is InChI=1S/C12H23P/c1-8-13(12(5,6)7)10-9-11(2,3)4/h8H2,1-7H3. The van der Waals surface area contributed by atoms with E-state index in [-0.39, 0.29) is 13.3 Å². The van der Waals surface area contributed by atoms with Crippen LogP contribution in [0.25, 0.3) is 0 Å². The fourth-order valence-electron chi connectivity index (χ4n) is 0.956. The molecule has 0 nitrogen and oxygen atoms in total. The summed E-state index contributed by atoms with van der Waals surface area (Å²) >= 11 is 0. The Morgan fingerprint density at radius 3 is 1.69 bits per heavy atom. The van der Waals surface area contributed by atoms with Crippen molar-refractivity contribution < 1.29 is 0 Å². The fraction of sp³-hybridized carbons (Fsp3) is 0.833. The second kappa shape index (κ2) is 4.47. The van der Waals surface area contributed by atoms with Crippen LogP contribution >= 0.6 is 7.92 Å². The van der Waals surface area contributed by atoms with E-state index in [4.69, 9.17) is 0 Å². The van der Waals surface area contributed by atoms with Crippen molar-refractivity contribution in [2.45, 2.75) is 53.6 Å². The molecular weight excluding hydrogens is 175 g/mol. The average molecular weight is 198 g/mol. The third-order valence-electron chi connectivity index (χ3n) is 1.69. The lowest BCUT2D eigenvalue weighted by atomic mass is 9.99. The second-order valence-corrected chi connectivity index (χ2v) is 8.46. The van der Waals surface area contributed by atoms with Gasteiger partial charge in [0.25, 0.3) is 0 Å². The van der Waals surface area contributed by atoms with Crippen LogP contribution < -0.4 is 0 Å². The molecule has 0 amide bonds. The summed E-state index contributed by atoms with van der Waals surface area (Å²) in [5.74, 6) is 3.36. The van der Waals surface area contributed by atoms with Crippen LogP contribution in [0.15, 0.2) is 0 Å². The largest absolute Gasteiger partial charge is 0.0927 e. The molecular formula is C12H23P. The summed E-state index contributed by atoms with van der Waals surface area (Å²) in [6.07, 6.45) is 1.21. The minimum absolute atomic E-state index is 0.125. The summed E-state index contributed by atoms with van der Waals surface area (Å²) < 4.78 is 0. The molecule has 0 bridgehead atoms. The number of hydrogen-bond acceptors (Lipinski definition) is 0. The summed E-state index contributed by atoms with van der Waals surface area (Å²) in [4.78, 5) is 0. The molecule has 76 valence electrons. The first kappa shape index (κ1) is 13.0. The SMILES string of the molecule is CCP(C#CC(C)(C)C)C(C)(C)C. The van der Waals surface area contributed by atoms with E-state index in [2.05, 4.69) is 60.0 Å². The zero-order valence-electron chi connectivity index (χ0n) is 10.2. The first-order valence-corrected chi connectivity index (χ1v) is 6.50. The molecule has 0 heterocycles. The fourth-order valence-corrected chi connectivity index (χ4v) is 2.87. The van der Waals surface area contributed by atoms with E-state index in [1.54, 1.807) is 0 Å². The van der Waals surface area contributed by atoms with E-state index in [9.17, 15) is 0 Å². The molecule has 1 heteroatoms. The van der Waals surface area contributed by atoms with Crippen LogP contribution in [0, 0.1) is 17.0 Å². The Bertz CT molecular complexity index is 204. The first-order chi connectivity index (χ1) is 5.67. The molecule has 0 aliphatic carbocycles. The molecule has 13 heavy (non-hydrogen) atoms. The molecule has 0 spiro atoms. The van der Waals surface area contributed by atoms with E-state index in [0.29, 0.717) is 5.16 Å². The molecule has 0 aromatic heterocycles. The molecule has 0 radical (unpaired) electrons. The lowest BCUT2D eigenvalue weighted by molar-refractivity contribution is 0.571. The Morgan fingerprint density at radius 1 is 1.00 bits per heavy atom. The Labute approximate surface area is 85.3 Å². The summed E-state index contributed by atoms with van der Waals surface area (Å²) in [5.41, 5.74) is 3.62. The van der Waals surface area contributed by atoms with Crippen LogP contribution in [0.5, 0.6) is 0 Å². The lowest BCUT2D eigenvalue weighted by Gasteiger charge is -2.25. The summed E-state index contributed by atoms with van der Waals surface area (Å²) in [5, 5.41) is 0.377. The van der Waals surface area contributed by atoms with Gasteiger partial charge in [0.15, 0.2) is 0 Å². The monoisotopic (exact) mass is 198 g/mol. The molecule has 1 atom stereocenters. The van der Waals surface area contributed by atoms with Crippen LogP contribution in [0.2, 0.25) is 0 Å². The highest BCUT2D eigenvalue weighted by Gasteiger charge is 2.20. The maximum Gasteiger partial charge on any atom is 0.0233 e. The summed E-state index contributed by atoms with van der Waals surface area (Å²) in [7, 11) is -0.125. The van der Waals surface area contributed by atoms with Crippen molar-refractivity contribution in [3.63, 3.8) is 0 Å². The highest BCUT2D eigenvalue weighted by atomic mass is 31.1. The van der Waals surface area contributed by atoms with Gasteiger partial charge in [-0.2, -0.15) is 0 Å². The van der Waals surface area contributed by atoms with E-state index >= 15 is 0 Å². The molecule has 0 N–H and O–H groups in total. The van der Waals surface area contributed by atoms with Gasteiger partial charge in [-0.1, -0.05) is 39.3 Å². The molecule has 0 aliphatic rings. The quantitative estimate of drug-likeness (QED) is 0.435. The predicted octanol–water partition coefficient (Wildman–Crippen LogP) is 4.29. The van der Waals surface area contributed by atoms with Crippen molar-refractivity contribution in [1.29, 1.82) is 0 Å². The molecule has 0 aromatic carbocycles. The molecule has 0 aliphatic heterocycles. The van der Waals surface area contributed by atoms with Gasteiger partial charge in [-0.3, -0.25) is 0 Å². The van der Waals surface area contributed by atoms with Crippen molar-refractivity contribution >= 4 is 7.92 Å². The third-order valence-corrected chi connectivity index (χ3v) is 4.33. The topological polar surface area (TPSA) is 0 Å². The molecule has 0 rings (SSSR count). The van der Waals surface area contributed by atoms with Crippen LogP contribution in [0.3, 0.4) is 0 Å². The van der Waals surface area contributed by atoms with Crippen LogP contribution in [-0.4, -0.2) is 11.3 Å². The number of rotatable bonds is 1. The van der Waals surface area contributed by atoms with Crippen molar-refractivity contribution in [2.24, 2.45) is 5.41 Å². The van der Waals surface area contributed by atoms with E-state index in [0.717, 1.165) is 0 Å². The molecule has 1 unspecified atom stereocenters. The zero-order chi connectivity index (χ0) is 10.7. The van der Waals surface area contributed by atoms with Gasteiger partial charge in [0.1, 0.15) is 0 Å². The minimum Gasteiger partial charge on any atom is -0.0927 e. The third kappa shape index (κ3) is 6.11. The second-order valence-electron chi connectivity index (χ2n) is 5.40. The molecule has 0 saturated heterocycles. The Morgan fingerprint density at radius 2 is 1.46 bits per heavy atom. The van der Waals surface area contributed by atoms with Gasteiger partial charge >= 0.3 is 0 Å². The molecule has 0 fully saturated rings. The van der Waals surface area contributed by atoms with Gasteiger partial charge in [0.05, 0.1) is 0 Å². The Hall–Kier alpha value is -0.0100. The van der Waals surface area contributed by atoms with Gasteiger partial charge in [-0.15, -0.1) is 0 Å². The normalized spacial score (nSPS) is 14.7. The summed E-state index contributed by atoms with van der Waals surface area (Å²) in [6.45, 7) is 15.6. The Kier molecular flexibility index (Phi) is 4.47. The van der Waals surface area contributed by atoms with Crippen molar-refractivity contribution in [1.82, 2.24) is 0 Å². The maximum absolute atomic E-state index is 3.46. The van der Waals surface area contributed by atoms with Crippen LogP contribution in [0.4, 0.5) is 0 Å². The van der Waals surface area contributed by atoms with Crippen LogP contribution in [0.1, 0.15) is 48.5 Å². The summed E-state index contributed by atoms with van der Waals surface area (Å²) in [6, 6.07) is 0. The van der Waals surface area contributed by atoms with Crippen molar-refractivity contribution in [2.75, 3.05) is 6.16 Å². The van der Waals surface area contributed by atoms with E-state index in [1.165, 1.54) is 6.16 Å². The highest BCUT2D eigenvalue weighted by molar-refractivity contribution is 7.64. The van der Waals surface area contributed by atoms with Gasteiger partial charge in [0.2, 0.25) is 0 Å². The van der Waals surface area contributed by atoms with Crippen molar-refractivity contribution in [3.8, 4) is 11.6 Å². The molecule has 0 saturated carbocycles. The lowest BCUT2D eigenvalue weighted by Crippen LogP contribution is -2.11. The number of hydrogen-bond donors (Lipinski definition) is 0. The molecule has 0 aromatic rings.